The van der Waals surface area contributed by atoms with E-state index in [4.69, 9.17) is 4.74 Å². The average molecular weight is 199 g/mol. The molecule has 1 rings (SSSR count). The van der Waals surface area contributed by atoms with Crippen molar-refractivity contribution in [3.05, 3.63) is 0 Å². The van der Waals surface area contributed by atoms with Crippen molar-refractivity contribution in [3.8, 4) is 0 Å². The van der Waals surface area contributed by atoms with Crippen LogP contribution >= 0.6 is 0 Å². The van der Waals surface area contributed by atoms with Gasteiger partial charge in [0.15, 0.2) is 0 Å². The number of hydrogen-bond acceptors (Lipinski definition) is 2. The van der Waals surface area contributed by atoms with Gasteiger partial charge in [0.2, 0.25) is 0 Å². The van der Waals surface area contributed by atoms with Gasteiger partial charge >= 0.3 is 0 Å². The predicted molar refractivity (Wildman–Crippen MR) is 60.5 cm³/mol. The maximum atomic E-state index is 5.57. The van der Waals surface area contributed by atoms with Crippen molar-refractivity contribution >= 4 is 0 Å². The Morgan fingerprint density at radius 2 is 2.07 bits per heavy atom. The molecule has 2 heteroatoms. The first-order chi connectivity index (χ1) is 6.81. The number of rotatable bonds is 8. The molecule has 0 aromatic heterocycles. The number of ether oxygens (including phenoxy) is 1. The summed E-state index contributed by atoms with van der Waals surface area (Å²) in [4.78, 5) is 0. The molecule has 2 nitrogen and oxygen atoms in total. The third kappa shape index (κ3) is 3.97. The second-order valence-corrected chi connectivity index (χ2v) is 4.41. The van der Waals surface area contributed by atoms with Gasteiger partial charge in [0, 0.05) is 13.2 Å². The van der Waals surface area contributed by atoms with Crippen LogP contribution in [-0.2, 0) is 4.74 Å². The van der Waals surface area contributed by atoms with Crippen LogP contribution in [0.3, 0.4) is 0 Å². The molecule has 0 bridgehead atoms. The molecule has 0 radical (unpaired) electrons. The highest BCUT2D eigenvalue weighted by Crippen LogP contribution is 2.34. The fourth-order valence-corrected chi connectivity index (χ4v) is 2.11. The van der Waals surface area contributed by atoms with Crippen LogP contribution in [0.25, 0.3) is 0 Å². The van der Waals surface area contributed by atoms with Gasteiger partial charge in [-0.3, -0.25) is 0 Å². The van der Waals surface area contributed by atoms with Gasteiger partial charge < -0.3 is 10.1 Å². The number of methoxy groups -OCH3 is 1. The van der Waals surface area contributed by atoms with Crippen LogP contribution in [-0.4, -0.2) is 25.8 Å². The van der Waals surface area contributed by atoms with Crippen LogP contribution < -0.4 is 5.32 Å². The zero-order chi connectivity index (χ0) is 10.4. The lowest BCUT2D eigenvalue weighted by molar-refractivity contribution is 0.0568. The maximum Gasteiger partial charge on any atom is 0.0724 e. The van der Waals surface area contributed by atoms with Gasteiger partial charge in [-0.15, -0.1) is 0 Å². The molecule has 2 atom stereocenters. The summed E-state index contributed by atoms with van der Waals surface area (Å²) in [7, 11) is 1.84. The maximum absolute atomic E-state index is 5.57. The number of nitrogens with one attached hydrogen (secondary N) is 1. The second kappa shape index (κ2) is 6.41. The normalized spacial score (nSPS) is 20.8. The van der Waals surface area contributed by atoms with Crippen molar-refractivity contribution in [2.45, 2.75) is 58.1 Å². The average Bonchev–Trinajstić information content (AvgIpc) is 2.97. The van der Waals surface area contributed by atoms with E-state index in [1.807, 2.05) is 7.11 Å². The van der Waals surface area contributed by atoms with E-state index in [0.717, 1.165) is 12.5 Å². The molecule has 1 aliphatic rings. The number of likely N-dealkylation sites (N-methyl/N-ethyl adjacent to an activating group) is 1. The molecule has 0 aliphatic heterocycles. The van der Waals surface area contributed by atoms with Crippen LogP contribution in [0.15, 0.2) is 0 Å². The summed E-state index contributed by atoms with van der Waals surface area (Å²) in [5.74, 6) is 0.980. The molecule has 1 fully saturated rings. The molecule has 84 valence electrons. The van der Waals surface area contributed by atoms with Crippen LogP contribution in [0, 0.1) is 5.92 Å². The highest BCUT2D eigenvalue weighted by Gasteiger charge is 2.29. The van der Waals surface area contributed by atoms with Crippen molar-refractivity contribution < 1.29 is 4.74 Å². The largest absolute Gasteiger partial charge is 0.380 e. The Balaban J connectivity index is 2.34. The van der Waals surface area contributed by atoms with Crippen LogP contribution in [0.1, 0.15) is 46.0 Å². The summed E-state index contributed by atoms with van der Waals surface area (Å²) in [6.07, 6.45) is 6.99. The van der Waals surface area contributed by atoms with Gasteiger partial charge in [0.05, 0.1) is 6.10 Å². The fraction of sp³-hybridized carbons (Fsp3) is 1.00. The smallest absolute Gasteiger partial charge is 0.0724 e. The molecule has 0 aromatic carbocycles. The van der Waals surface area contributed by atoms with Gasteiger partial charge in [-0.1, -0.05) is 33.1 Å². The molecule has 0 heterocycles. The molecule has 1 N–H and O–H groups in total. The van der Waals surface area contributed by atoms with Crippen molar-refractivity contribution in [2.24, 2.45) is 5.92 Å². The first-order valence-corrected chi connectivity index (χ1v) is 6.07. The van der Waals surface area contributed by atoms with Crippen LogP contribution in [0.5, 0.6) is 0 Å². The van der Waals surface area contributed by atoms with Gasteiger partial charge in [0.1, 0.15) is 0 Å². The standard InChI is InChI=1S/C12H25NO/c1-4-6-12(14-3)11(13-5-2)9-10-7-8-10/h10-13H,4-9H2,1-3H3. The second-order valence-electron chi connectivity index (χ2n) is 4.41. The lowest BCUT2D eigenvalue weighted by atomic mass is 10.0. The summed E-state index contributed by atoms with van der Waals surface area (Å²) in [6, 6.07) is 0.581. The van der Waals surface area contributed by atoms with Gasteiger partial charge in [-0.25, -0.2) is 0 Å². The van der Waals surface area contributed by atoms with E-state index in [1.54, 1.807) is 0 Å². The quantitative estimate of drug-likeness (QED) is 0.649. The highest BCUT2D eigenvalue weighted by molar-refractivity contribution is 4.84. The minimum absolute atomic E-state index is 0.417. The lowest BCUT2D eigenvalue weighted by Crippen LogP contribution is -2.41. The van der Waals surface area contributed by atoms with E-state index in [-0.39, 0.29) is 0 Å². The molecule has 1 aliphatic carbocycles. The molecule has 2 unspecified atom stereocenters. The summed E-state index contributed by atoms with van der Waals surface area (Å²) in [5.41, 5.74) is 0. The topological polar surface area (TPSA) is 21.3 Å². The van der Waals surface area contributed by atoms with Crippen LogP contribution in [0.2, 0.25) is 0 Å². The Bertz CT molecular complexity index is 145. The Morgan fingerprint density at radius 1 is 1.36 bits per heavy atom. The van der Waals surface area contributed by atoms with E-state index >= 15 is 0 Å². The molecule has 14 heavy (non-hydrogen) atoms. The van der Waals surface area contributed by atoms with Crippen molar-refractivity contribution in [1.29, 1.82) is 0 Å². The van der Waals surface area contributed by atoms with Crippen molar-refractivity contribution in [1.82, 2.24) is 5.32 Å². The third-order valence-corrected chi connectivity index (χ3v) is 3.08. The first kappa shape index (κ1) is 12.0. The Kier molecular flexibility index (Phi) is 5.49. The zero-order valence-corrected chi connectivity index (χ0v) is 9.88. The van der Waals surface area contributed by atoms with E-state index in [9.17, 15) is 0 Å². The minimum Gasteiger partial charge on any atom is -0.380 e. The van der Waals surface area contributed by atoms with Crippen LogP contribution in [0.4, 0.5) is 0 Å². The third-order valence-electron chi connectivity index (χ3n) is 3.08. The fourth-order valence-electron chi connectivity index (χ4n) is 2.11. The first-order valence-electron chi connectivity index (χ1n) is 6.07. The lowest BCUT2D eigenvalue weighted by Gasteiger charge is -2.26. The minimum atomic E-state index is 0.417. The molecule has 0 aromatic rings. The monoisotopic (exact) mass is 199 g/mol. The molecular formula is C12H25NO. The van der Waals surface area contributed by atoms with Gasteiger partial charge in [-0.05, 0) is 25.3 Å². The molecule has 0 spiro atoms. The molecule has 0 amide bonds. The van der Waals surface area contributed by atoms with Crippen molar-refractivity contribution in [3.63, 3.8) is 0 Å². The summed E-state index contributed by atoms with van der Waals surface area (Å²) in [6.45, 7) is 5.46. The van der Waals surface area contributed by atoms with Crippen molar-refractivity contribution in [2.75, 3.05) is 13.7 Å². The van der Waals surface area contributed by atoms with E-state index in [1.165, 1.54) is 32.1 Å². The molecule has 1 saturated carbocycles. The Morgan fingerprint density at radius 3 is 2.50 bits per heavy atom. The summed E-state index contributed by atoms with van der Waals surface area (Å²) >= 11 is 0. The predicted octanol–water partition coefficient (Wildman–Crippen LogP) is 2.58. The Labute approximate surface area is 88.4 Å². The van der Waals surface area contributed by atoms with E-state index in [2.05, 4.69) is 19.2 Å². The summed E-state index contributed by atoms with van der Waals surface area (Å²) in [5, 5.41) is 3.56. The van der Waals surface area contributed by atoms with E-state index in [0.29, 0.717) is 12.1 Å². The highest BCUT2D eigenvalue weighted by atomic mass is 16.5. The SMILES string of the molecule is CCCC(OC)C(CC1CC1)NCC. The number of hydrogen-bond donors (Lipinski definition) is 1. The zero-order valence-electron chi connectivity index (χ0n) is 9.88. The molecule has 0 saturated heterocycles. The van der Waals surface area contributed by atoms with Gasteiger partial charge in [0.25, 0.3) is 0 Å². The Hall–Kier alpha value is -0.0800. The van der Waals surface area contributed by atoms with E-state index < -0.39 is 0 Å². The summed E-state index contributed by atoms with van der Waals surface area (Å²) < 4.78 is 5.57. The molecular weight excluding hydrogens is 174 g/mol. The van der Waals surface area contributed by atoms with Gasteiger partial charge in [-0.2, -0.15) is 0 Å².